The molecular formula is C12H14N4O2. The van der Waals surface area contributed by atoms with Crippen LogP contribution in [0.3, 0.4) is 0 Å². The van der Waals surface area contributed by atoms with Crippen molar-refractivity contribution >= 4 is 5.95 Å². The van der Waals surface area contributed by atoms with Crippen molar-refractivity contribution in [2.45, 2.75) is 13.5 Å². The Labute approximate surface area is 105 Å². The summed E-state index contributed by atoms with van der Waals surface area (Å²) in [5.41, 5.74) is 5.53. The third-order valence-electron chi connectivity index (χ3n) is 2.24. The number of rotatable bonds is 4. The molecule has 0 unspecified atom stereocenters. The van der Waals surface area contributed by atoms with Crippen molar-refractivity contribution in [2.24, 2.45) is 0 Å². The Morgan fingerprint density at radius 1 is 1.06 bits per heavy atom. The fraction of sp³-hybridized carbons (Fsp3) is 0.250. The summed E-state index contributed by atoms with van der Waals surface area (Å²) in [4.78, 5) is 12.0. The Hall–Kier alpha value is -2.37. The van der Waals surface area contributed by atoms with E-state index in [1.54, 1.807) is 14.0 Å². The molecule has 6 heteroatoms. The first-order valence-corrected chi connectivity index (χ1v) is 5.41. The van der Waals surface area contributed by atoms with Gasteiger partial charge in [0.1, 0.15) is 23.9 Å². The topological polar surface area (TPSA) is 83.2 Å². The maximum absolute atomic E-state index is 5.54. The molecule has 0 saturated heterocycles. The molecular weight excluding hydrogens is 232 g/mol. The SMILES string of the molecule is COc1ccc(OCc2nc(C)nc(N)n2)cc1. The zero-order valence-electron chi connectivity index (χ0n) is 10.3. The van der Waals surface area contributed by atoms with E-state index < -0.39 is 0 Å². The average molecular weight is 246 g/mol. The predicted octanol–water partition coefficient (Wildman–Crippen LogP) is 1.35. The number of hydrogen-bond acceptors (Lipinski definition) is 6. The summed E-state index contributed by atoms with van der Waals surface area (Å²) in [6.45, 7) is 2.01. The van der Waals surface area contributed by atoms with E-state index in [4.69, 9.17) is 15.2 Å². The molecule has 2 rings (SSSR count). The number of nitrogens with two attached hydrogens (primary N) is 1. The van der Waals surface area contributed by atoms with Crippen LogP contribution in [-0.2, 0) is 6.61 Å². The Kier molecular flexibility index (Phi) is 3.57. The minimum Gasteiger partial charge on any atom is -0.497 e. The molecule has 94 valence electrons. The van der Waals surface area contributed by atoms with E-state index in [9.17, 15) is 0 Å². The number of nitrogen functional groups attached to an aromatic ring is 1. The van der Waals surface area contributed by atoms with E-state index in [2.05, 4.69) is 15.0 Å². The number of nitrogens with zero attached hydrogens (tertiary/aromatic N) is 3. The normalized spacial score (nSPS) is 10.1. The zero-order valence-corrected chi connectivity index (χ0v) is 10.3. The molecule has 0 bridgehead atoms. The maximum Gasteiger partial charge on any atom is 0.223 e. The van der Waals surface area contributed by atoms with Gasteiger partial charge in [-0.3, -0.25) is 0 Å². The van der Waals surface area contributed by atoms with Gasteiger partial charge < -0.3 is 15.2 Å². The number of methoxy groups -OCH3 is 1. The Balaban J connectivity index is 2.01. The fourth-order valence-corrected chi connectivity index (χ4v) is 1.44. The lowest BCUT2D eigenvalue weighted by molar-refractivity contribution is 0.294. The second-order valence-electron chi connectivity index (χ2n) is 3.62. The summed E-state index contributed by atoms with van der Waals surface area (Å²) in [5, 5.41) is 0. The molecule has 0 spiro atoms. The Morgan fingerprint density at radius 2 is 1.72 bits per heavy atom. The molecule has 0 aliphatic rings. The highest BCUT2D eigenvalue weighted by Gasteiger charge is 2.02. The standard InChI is InChI=1S/C12H14N4O2/c1-8-14-11(16-12(13)15-8)7-18-10-5-3-9(17-2)4-6-10/h3-6H,7H2,1-2H3,(H2,13,14,15,16). The zero-order chi connectivity index (χ0) is 13.0. The molecule has 6 nitrogen and oxygen atoms in total. The number of hydrogen-bond donors (Lipinski definition) is 1. The minimum atomic E-state index is 0.204. The molecule has 0 radical (unpaired) electrons. The van der Waals surface area contributed by atoms with Gasteiger partial charge in [-0.15, -0.1) is 0 Å². The van der Waals surface area contributed by atoms with Crippen LogP contribution < -0.4 is 15.2 Å². The number of ether oxygens (including phenoxy) is 2. The van der Waals surface area contributed by atoms with Crippen molar-refractivity contribution in [2.75, 3.05) is 12.8 Å². The van der Waals surface area contributed by atoms with E-state index in [1.165, 1.54) is 0 Å². The first-order chi connectivity index (χ1) is 8.67. The molecule has 0 atom stereocenters. The van der Waals surface area contributed by atoms with Gasteiger partial charge in [0.15, 0.2) is 5.82 Å². The van der Waals surface area contributed by atoms with Crippen molar-refractivity contribution in [1.29, 1.82) is 0 Å². The number of anilines is 1. The van der Waals surface area contributed by atoms with E-state index in [-0.39, 0.29) is 12.6 Å². The van der Waals surface area contributed by atoms with E-state index in [0.29, 0.717) is 17.4 Å². The molecule has 0 aliphatic heterocycles. The maximum atomic E-state index is 5.54. The minimum absolute atomic E-state index is 0.204. The fourth-order valence-electron chi connectivity index (χ4n) is 1.44. The van der Waals surface area contributed by atoms with Gasteiger partial charge >= 0.3 is 0 Å². The van der Waals surface area contributed by atoms with Gasteiger partial charge in [-0.1, -0.05) is 0 Å². The first kappa shape index (κ1) is 12.1. The van der Waals surface area contributed by atoms with Crippen molar-refractivity contribution in [3.05, 3.63) is 35.9 Å². The van der Waals surface area contributed by atoms with Gasteiger partial charge in [0, 0.05) is 0 Å². The Bertz CT molecular complexity index is 508. The average Bonchev–Trinajstić information content (AvgIpc) is 2.36. The molecule has 1 aromatic heterocycles. The predicted molar refractivity (Wildman–Crippen MR) is 66.3 cm³/mol. The second kappa shape index (κ2) is 5.31. The van der Waals surface area contributed by atoms with Crippen LogP contribution in [-0.4, -0.2) is 22.1 Å². The van der Waals surface area contributed by atoms with Crippen LogP contribution in [0, 0.1) is 6.92 Å². The van der Waals surface area contributed by atoms with Gasteiger partial charge in [0.2, 0.25) is 5.95 Å². The van der Waals surface area contributed by atoms with Gasteiger partial charge in [0.25, 0.3) is 0 Å². The molecule has 18 heavy (non-hydrogen) atoms. The van der Waals surface area contributed by atoms with Crippen LogP contribution in [0.15, 0.2) is 24.3 Å². The van der Waals surface area contributed by atoms with E-state index in [1.807, 2.05) is 24.3 Å². The molecule has 1 aromatic carbocycles. The van der Waals surface area contributed by atoms with E-state index in [0.717, 1.165) is 5.75 Å². The molecule has 1 heterocycles. The van der Waals surface area contributed by atoms with E-state index >= 15 is 0 Å². The quantitative estimate of drug-likeness (QED) is 0.876. The summed E-state index contributed by atoms with van der Waals surface area (Å²) in [7, 11) is 1.62. The number of aryl methyl sites for hydroxylation is 1. The van der Waals surface area contributed by atoms with Gasteiger partial charge in [-0.2, -0.15) is 9.97 Å². The third-order valence-corrected chi connectivity index (χ3v) is 2.24. The van der Waals surface area contributed by atoms with Crippen molar-refractivity contribution in [3.63, 3.8) is 0 Å². The lowest BCUT2D eigenvalue weighted by atomic mass is 10.3. The van der Waals surface area contributed by atoms with Gasteiger partial charge in [-0.25, -0.2) is 4.98 Å². The highest BCUT2D eigenvalue weighted by Crippen LogP contribution is 2.17. The Morgan fingerprint density at radius 3 is 2.33 bits per heavy atom. The van der Waals surface area contributed by atoms with Crippen LogP contribution in [0.1, 0.15) is 11.6 Å². The smallest absolute Gasteiger partial charge is 0.223 e. The van der Waals surface area contributed by atoms with Crippen LogP contribution in [0.25, 0.3) is 0 Å². The molecule has 0 aliphatic carbocycles. The third kappa shape index (κ3) is 3.07. The van der Waals surface area contributed by atoms with Crippen molar-refractivity contribution < 1.29 is 9.47 Å². The summed E-state index contributed by atoms with van der Waals surface area (Å²) >= 11 is 0. The monoisotopic (exact) mass is 246 g/mol. The lowest BCUT2D eigenvalue weighted by Gasteiger charge is -2.06. The molecule has 0 saturated carbocycles. The first-order valence-electron chi connectivity index (χ1n) is 5.41. The summed E-state index contributed by atoms with van der Waals surface area (Å²) in [6.07, 6.45) is 0. The van der Waals surface area contributed by atoms with Crippen LogP contribution >= 0.6 is 0 Å². The van der Waals surface area contributed by atoms with Crippen LogP contribution in [0.4, 0.5) is 5.95 Å². The van der Waals surface area contributed by atoms with Gasteiger partial charge in [0.05, 0.1) is 7.11 Å². The van der Waals surface area contributed by atoms with Crippen LogP contribution in [0.2, 0.25) is 0 Å². The molecule has 2 aromatic rings. The summed E-state index contributed by atoms with van der Waals surface area (Å²) in [6, 6.07) is 7.27. The number of benzene rings is 1. The second-order valence-corrected chi connectivity index (χ2v) is 3.62. The molecule has 0 fully saturated rings. The van der Waals surface area contributed by atoms with Crippen molar-refractivity contribution in [1.82, 2.24) is 15.0 Å². The lowest BCUT2D eigenvalue weighted by Crippen LogP contribution is -2.07. The highest BCUT2D eigenvalue weighted by molar-refractivity contribution is 5.31. The summed E-state index contributed by atoms with van der Waals surface area (Å²) < 4.78 is 10.6. The van der Waals surface area contributed by atoms with Crippen molar-refractivity contribution in [3.8, 4) is 11.5 Å². The summed E-state index contributed by atoms with van der Waals surface area (Å²) in [5.74, 6) is 2.79. The molecule has 2 N–H and O–H groups in total. The van der Waals surface area contributed by atoms with Crippen LogP contribution in [0.5, 0.6) is 11.5 Å². The number of aromatic nitrogens is 3. The molecule has 0 amide bonds. The van der Waals surface area contributed by atoms with Gasteiger partial charge in [-0.05, 0) is 31.2 Å². The largest absolute Gasteiger partial charge is 0.497 e. The highest BCUT2D eigenvalue weighted by atomic mass is 16.5.